The quantitative estimate of drug-likeness (QED) is 0.861. The molecule has 116 valence electrons. The number of aryl methyl sites for hydroxylation is 1. The van der Waals surface area contributed by atoms with Crippen LogP contribution in [0.15, 0.2) is 12.4 Å². The number of aliphatic carboxylic acids is 1. The highest BCUT2D eigenvalue weighted by Gasteiger charge is 2.41. The number of carboxylic acid groups (broad SMARTS) is 1. The fourth-order valence-electron chi connectivity index (χ4n) is 2.70. The lowest BCUT2D eigenvalue weighted by Crippen LogP contribution is -2.45. The lowest BCUT2D eigenvalue weighted by molar-refractivity contribution is -0.151. The summed E-state index contributed by atoms with van der Waals surface area (Å²) < 4.78 is 5.06. The Balaban J connectivity index is 2.01. The predicted molar refractivity (Wildman–Crippen MR) is 79.4 cm³/mol. The first-order valence-electron chi connectivity index (χ1n) is 7.39. The highest BCUT2D eigenvalue weighted by atomic mass is 16.5. The second kappa shape index (κ2) is 6.85. The minimum atomic E-state index is -0.721. The van der Waals surface area contributed by atoms with Gasteiger partial charge in [-0.05, 0) is 31.2 Å². The molecule has 0 unspecified atom stereocenters. The Bertz CT molecular complexity index is 468. The average Bonchev–Trinajstić information content (AvgIpc) is 2.53. The summed E-state index contributed by atoms with van der Waals surface area (Å²) in [6.07, 6.45) is 6.36. The molecule has 0 atom stereocenters. The number of nitrogens with zero attached hydrogens (tertiary/aromatic N) is 3. The molecule has 1 aromatic heterocycles. The van der Waals surface area contributed by atoms with Gasteiger partial charge in [0.25, 0.3) is 0 Å². The maximum absolute atomic E-state index is 11.6. The van der Waals surface area contributed by atoms with Crippen LogP contribution < -0.4 is 4.90 Å². The largest absolute Gasteiger partial charge is 0.481 e. The van der Waals surface area contributed by atoms with Crippen molar-refractivity contribution in [3.63, 3.8) is 0 Å². The van der Waals surface area contributed by atoms with Crippen molar-refractivity contribution >= 4 is 11.9 Å². The van der Waals surface area contributed by atoms with E-state index in [1.165, 1.54) is 0 Å². The van der Waals surface area contributed by atoms with Crippen molar-refractivity contribution < 1.29 is 14.6 Å². The lowest BCUT2D eigenvalue weighted by Gasteiger charge is -2.38. The molecule has 1 aliphatic rings. The molecule has 0 aliphatic carbocycles. The second-order valence-electron chi connectivity index (χ2n) is 5.56. The zero-order valence-corrected chi connectivity index (χ0v) is 12.7. The summed E-state index contributed by atoms with van der Waals surface area (Å²) in [6.45, 7) is 3.88. The monoisotopic (exact) mass is 293 g/mol. The van der Waals surface area contributed by atoms with Gasteiger partial charge in [0, 0.05) is 39.2 Å². The first-order chi connectivity index (χ1) is 10.1. The van der Waals surface area contributed by atoms with E-state index in [4.69, 9.17) is 4.74 Å². The first kappa shape index (κ1) is 15.7. The Kier molecular flexibility index (Phi) is 5.12. The van der Waals surface area contributed by atoms with Crippen molar-refractivity contribution in [1.82, 2.24) is 9.97 Å². The fourth-order valence-corrected chi connectivity index (χ4v) is 2.70. The van der Waals surface area contributed by atoms with E-state index < -0.39 is 11.4 Å². The van der Waals surface area contributed by atoms with Gasteiger partial charge >= 0.3 is 5.97 Å². The molecular formula is C15H23N3O3. The Hall–Kier alpha value is -1.69. The number of hydrogen-bond donors (Lipinski definition) is 1. The van der Waals surface area contributed by atoms with Crippen molar-refractivity contribution in [3.05, 3.63) is 18.0 Å². The number of aromatic nitrogens is 2. The van der Waals surface area contributed by atoms with Gasteiger partial charge in [-0.15, -0.1) is 0 Å². The number of carboxylic acids is 1. The van der Waals surface area contributed by atoms with Gasteiger partial charge < -0.3 is 14.7 Å². The normalized spacial score (nSPS) is 17.7. The lowest BCUT2D eigenvalue weighted by atomic mass is 9.76. The van der Waals surface area contributed by atoms with E-state index >= 15 is 0 Å². The summed E-state index contributed by atoms with van der Waals surface area (Å²) in [7, 11) is 1.60. The first-order valence-corrected chi connectivity index (χ1v) is 7.39. The summed E-state index contributed by atoms with van der Waals surface area (Å²) in [5.74, 6) is -0.0284. The molecule has 0 aromatic carbocycles. The molecule has 21 heavy (non-hydrogen) atoms. The molecule has 2 heterocycles. The second-order valence-corrected chi connectivity index (χ2v) is 5.56. The Labute approximate surface area is 125 Å². The fraction of sp³-hybridized carbons (Fsp3) is 0.667. The molecule has 0 spiro atoms. The van der Waals surface area contributed by atoms with Crippen LogP contribution in [-0.2, 0) is 16.0 Å². The number of piperidine rings is 1. The topological polar surface area (TPSA) is 75.6 Å². The molecule has 2 rings (SSSR count). The average molecular weight is 293 g/mol. The van der Waals surface area contributed by atoms with Crippen LogP contribution in [0.2, 0.25) is 0 Å². The smallest absolute Gasteiger partial charge is 0.309 e. The Morgan fingerprint density at radius 1 is 1.38 bits per heavy atom. The SMILES string of the molecule is CCc1cnc(N2CCC(CCOC)(C(=O)O)CC2)nc1. The number of rotatable bonds is 6. The highest BCUT2D eigenvalue weighted by molar-refractivity contribution is 5.75. The number of carbonyl (C=O) groups is 1. The number of hydrogen-bond acceptors (Lipinski definition) is 5. The molecule has 1 N–H and O–H groups in total. The molecule has 1 aromatic rings. The van der Waals surface area contributed by atoms with Crippen LogP contribution in [0.4, 0.5) is 5.95 Å². The van der Waals surface area contributed by atoms with Crippen molar-refractivity contribution in [2.45, 2.75) is 32.6 Å². The van der Waals surface area contributed by atoms with Gasteiger partial charge in [-0.3, -0.25) is 4.79 Å². The highest BCUT2D eigenvalue weighted by Crippen LogP contribution is 2.36. The van der Waals surface area contributed by atoms with Crippen molar-refractivity contribution in [2.24, 2.45) is 5.41 Å². The van der Waals surface area contributed by atoms with E-state index in [0.29, 0.717) is 44.9 Å². The summed E-state index contributed by atoms with van der Waals surface area (Å²) >= 11 is 0. The van der Waals surface area contributed by atoms with Gasteiger partial charge in [0.15, 0.2) is 0 Å². The molecule has 1 fully saturated rings. The van der Waals surface area contributed by atoms with Crippen LogP contribution in [-0.4, -0.2) is 47.8 Å². The van der Waals surface area contributed by atoms with E-state index in [9.17, 15) is 9.90 Å². The van der Waals surface area contributed by atoms with Crippen LogP contribution >= 0.6 is 0 Å². The molecule has 0 bridgehead atoms. The molecule has 6 nitrogen and oxygen atoms in total. The van der Waals surface area contributed by atoms with Crippen LogP contribution in [0, 0.1) is 5.41 Å². The van der Waals surface area contributed by atoms with Crippen LogP contribution in [0.1, 0.15) is 31.7 Å². The molecule has 0 radical (unpaired) electrons. The minimum absolute atomic E-state index is 0.480. The third-order valence-corrected chi connectivity index (χ3v) is 4.34. The van der Waals surface area contributed by atoms with Gasteiger partial charge in [-0.1, -0.05) is 6.92 Å². The standard InChI is InChI=1S/C15H23N3O3/c1-3-12-10-16-14(17-11-12)18-7-4-15(5-8-18,13(19)20)6-9-21-2/h10-11H,3-9H2,1-2H3,(H,19,20). The minimum Gasteiger partial charge on any atom is -0.481 e. The van der Waals surface area contributed by atoms with Crippen LogP contribution in [0.25, 0.3) is 0 Å². The summed E-state index contributed by atoms with van der Waals surface area (Å²) in [5.41, 5.74) is 0.436. The number of ether oxygens (including phenoxy) is 1. The maximum atomic E-state index is 11.6. The van der Waals surface area contributed by atoms with Crippen molar-refractivity contribution in [1.29, 1.82) is 0 Å². The summed E-state index contributed by atoms with van der Waals surface area (Å²) in [6, 6.07) is 0. The molecule has 1 aliphatic heterocycles. The van der Waals surface area contributed by atoms with Gasteiger partial charge in [-0.2, -0.15) is 0 Å². The van der Waals surface area contributed by atoms with Gasteiger partial charge in [0.1, 0.15) is 0 Å². The third kappa shape index (κ3) is 3.50. The van der Waals surface area contributed by atoms with Gasteiger partial charge in [0.2, 0.25) is 5.95 Å². The van der Waals surface area contributed by atoms with Crippen molar-refractivity contribution in [3.8, 4) is 0 Å². The Morgan fingerprint density at radius 3 is 2.48 bits per heavy atom. The van der Waals surface area contributed by atoms with E-state index in [1.807, 2.05) is 12.4 Å². The van der Waals surface area contributed by atoms with E-state index in [1.54, 1.807) is 7.11 Å². The number of methoxy groups -OCH3 is 1. The number of anilines is 1. The zero-order valence-electron chi connectivity index (χ0n) is 12.7. The molecular weight excluding hydrogens is 270 g/mol. The van der Waals surface area contributed by atoms with Gasteiger partial charge in [-0.25, -0.2) is 9.97 Å². The predicted octanol–water partition coefficient (Wildman–Crippen LogP) is 1.75. The maximum Gasteiger partial charge on any atom is 0.309 e. The molecule has 1 saturated heterocycles. The van der Waals surface area contributed by atoms with E-state index in [-0.39, 0.29) is 0 Å². The summed E-state index contributed by atoms with van der Waals surface area (Å²) in [5, 5.41) is 9.54. The molecule has 0 saturated carbocycles. The van der Waals surface area contributed by atoms with Crippen molar-refractivity contribution in [2.75, 3.05) is 31.7 Å². The van der Waals surface area contributed by atoms with Crippen LogP contribution in [0.5, 0.6) is 0 Å². The molecule has 0 amide bonds. The molecule has 6 heteroatoms. The van der Waals surface area contributed by atoms with Crippen LogP contribution in [0.3, 0.4) is 0 Å². The zero-order chi connectivity index (χ0) is 15.3. The van der Waals surface area contributed by atoms with Gasteiger partial charge in [0.05, 0.1) is 5.41 Å². The third-order valence-electron chi connectivity index (χ3n) is 4.34. The Morgan fingerprint density at radius 2 is 2.00 bits per heavy atom. The summed E-state index contributed by atoms with van der Waals surface area (Å²) in [4.78, 5) is 22.4. The van der Waals surface area contributed by atoms with E-state index in [0.717, 1.165) is 12.0 Å². The van der Waals surface area contributed by atoms with E-state index in [2.05, 4.69) is 21.8 Å².